The number of rotatable bonds is 4. The average molecular weight is 283 g/mol. The highest BCUT2D eigenvalue weighted by atomic mass is 32.2. The van der Waals surface area contributed by atoms with Gasteiger partial charge in [0.05, 0.1) is 17.1 Å². The molecule has 1 aromatic carbocycles. The predicted octanol–water partition coefficient (Wildman–Crippen LogP) is 1.86. The Kier molecular flexibility index (Phi) is 3.63. The molecule has 0 saturated carbocycles. The van der Waals surface area contributed by atoms with E-state index in [2.05, 4.69) is 14.9 Å². The maximum absolute atomic E-state index is 11.5. The number of nitrogens with zero attached hydrogens (tertiary/aromatic N) is 2. The van der Waals surface area contributed by atoms with Crippen molar-refractivity contribution < 1.29 is 8.42 Å². The first-order valence-electron chi connectivity index (χ1n) is 5.27. The lowest BCUT2D eigenvalue weighted by molar-refractivity contribution is 0.602. The zero-order chi connectivity index (χ0) is 13.2. The molecule has 0 atom stereocenters. The number of aryl methyl sites for hydroxylation is 1. The second-order valence-electron chi connectivity index (χ2n) is 4.00. The van der Waals surface area contributed by atoms with Crippen LogP contribution < -0.4 is 5.32 Å². The lowest BCUT2D eigenvalue weighted by Gasteiger charge is -2.09. The summed E-state index contributed by atoms with van der Waals surface area (Å²) in [6, 6.07) is 5.04. The van der Waals surface area contributed by atoms with Crippen molar-refractivity contribution in [1.29, 1.82) is 0 Å². The molecule has 0 unspecified atom stereocenters. The van der Waals surface area contributed by atoms with Crippen molar-refractivity contribution in [3.8, 4) is 0 Å². The van der Waals surface area contributed by atoms with Crippen molar-refractivity contribution in [1.82, 2.24) is 9.59 Å². The second kappa shape index (κ2) is 5.03. The van der Waals surface area contributed by atoms with E-state index in [0.717, 1.165) is 16.9 Å². The first-order valence-corrected chi connectivity index (χ1v) is 8.00. The van der Waals surface area contributed by atoms with E-state index in [4.69, 9.17) is 0 Å². The van der Waals surface area contributed by atoms with Gasteiger partial charge in [-0.1, -0.05) is 10.6 Å². The summed E-state index contributed by atoms with van der Waals surface area (Å²) in [4.78, 5) is 0.312. The molecule has 18 heavy (non-hydrogen) atoms. The van der Waals surface area contributed by atoms with Crippen molar-refractivity contribution in [2.45, 2.75) is 18.4 Å². The van der Waals surface area contributed by atoms with Crippen LogP contribution in [0.3, 0.4) is 0 Å². The maximum Gasteiger partial charge on any atom is 0.175 e. The SMILES string of the molecule is Cc1ccc(S(C)(=O)=O)cc1NCc1csnn1. The number of aromatic nitrogens is 2. The van der Waals surface area contributed by atoms with Crippen LogP contribution in [0.2, 0.25) is 0 Å². The smallest absolute Gasteiger partial charge is 0.175 e. The van der Waals surface area contributed by atoms with E-state index in [1.165, 1.54) is 17.8 Å². The van der Waals surface area contributed by atoms with Gasteiger partial charge in [0.25, 0.3) is 0 Å². The van der Waals surface area contributed by atoms with Crippen LogP contribution in [0.4, 0.5) is 5.69 Å². The Bertz CT molecular complexity index is 636. The van der Waals surface area contributed by atoms with Crippen LogP contribution in [0.25, 0.3) is 0 Å². The zero-order valence-corrected chi connectivity index (χ0v) is 11.7. The Hall–Kier alpha value is -1.47. The van der Waals surface area contributed by atoms with E-state index in [9.17, 15) is 8.42 Å². The molecule has 0 bridgehead atoms. The van der Waals surface area contributed by atoms with E-state index < -0.39 is 9.84 Å². The summed E-state index contributed by atoms with van der Waals surface area (Å²) < 4.78 is 26.7. The Morgan fingerprint density at radius 3 is 2.78 bits per heavy atom. The van der Waals surface area contributed by atoms with Gasteiger partial charge < -0.3 is 5.32 Å². The van der Waals surface area contributed by atoms with Crippen LogP contribution in [-0.2, 0) is 16.4 Å². The van der Waals surface area contributed by atoms with Crippen molar-refractivity contribution >= 4 is 27.1 Å². The van der Waals surface area contributed by atoms with Gasteiger partial charge in [0.2, 0.25) is 0 Å². The van der Waals surface area contributed by atoms with Crippen LogP contribution in [0.1, 0.15) is 11.3 Å². The van der Waals surface area contributed by atoms with Gasteiger partial charge in [-0.15, -0.1) is 5.10 Å². The average Bonchev–Trinajstić information content (AvgIpc) is 2.79. The summed E-state index contributed by atoms with van der Waals surface area (Å²) in [7, 11) is -3.18. The number of anilines is 1. The fourth-order valence-corrected chi connectivity index (χ4v) is 2.57. The summed E-state index contributed by atoms with van der Waals surface area (Å²) in [6.07, 6.45) is 1.20. The summed E-state index contributed by atoms with van der Waals surface area (Å²) in [5.74, 6) is 0. The number of sulfone groups is 1. The molecule has 96 valence electrons. The van der Waals surface area contributed by atoms with E-state index in [1.54, 1.807) is 18.2 Å². The Morgan fingerprint density at radius 2 is 2.17 bits per heavy atom. The van der Waals surface area contributed by atoms with Crippen LogP contribution in [0.15, 0.2) is 28.5 Å². The minimum atomic E-state index is -3.18. The molecule has 7 heteroatoms. The highest BCUT2D eigenvalue weighted by Gasteiger charge is 2.09. The van der Waals surface area contributed by atoms with E-state index in [0.29, 0.717) is 11.4 Å². The van der Waals surface area contributed by atoms with Gasteiger partial charge in [-0.2, -0.15) is 0 Å². The molecule has 0 fully saturated rings. The molecule has 0 spiro atoms. The fourth-order valence-electron chi connectivity index (χ4n) is 1.47. The first-order chi connectivity index (χ1) is 8.47. The molecule has 2 rings (SSSR count). The standard InChI is InChI=1S/C11H13N3O2S2/c1-8-3-4-10(18(2,15)16)5-11(8)12-6-9-7-17-14-13-9/h3-5,7,12H,6H2,1-2H3. The van der Waals surface area contributed by atoms with Gasteiger partial charge in [-0.3, -0.25) is 0 Å². The van der Waals surface area contributed by atoms with Crippen molar-refractivity contribution in [3.63, 3.8) is 0 Å². The molecule has 1 aromatic heterocycles. The molecular weight excluding hydrogens is 270 g/mol. The van der Waals surface area contributed by atoms with Gasteiger partial charge in [-0.25, -0.2) is 8.42 Å². The Morgan fingerprint density at radius 1 is 1.39 bits per heavy atom. The van der Waals surface area contributed by atoms with Crippen LogP contribution in [-0.4, -0.2) is 24.3 Å². The Labute approximate surface area is 110 Å². The molecule has 1 N–H and O–H groups in total. The molecule has 5 nitrogen and oxygen atoms in total. The topological polar surface area (TPSA) is 72.0 Å². The van der Waals surface area contributed by atoms with Crippen molar-refractivity contribution in [2.24, 2.45) is 0 Å². The highest BCUT2D eigenvalue weighted by molar-refractivity contribution is 7.90. The monoisotopic (exact) mass is 283 g/mol. The molecule has 0 aliphatic carbocycles. The summed E-state index contributed by atoms with van der Waals surface area (Å²) >= 11 is 1.29. The van der Waals surface area contributed by atoms with Crippen molar-refractivity contribution in [2.75, 3.05) is 11.6 Å². The molecule has 0 aliphatic heterocycles. The second-order valence-corrected chi connectivity index (χ2v) is 6.62. The molecule has 0 amide bonds. The van der Waals surface area contributed by atoms with Crippen LogP contribution in [0.5, 0.6) is 0 Å². The quantitative estimate of drug-likeness (QED) is 0.927. The molecular formula is C11H13N3O2S2. The van der Waals surface area contributed by atoms with E-state index in [-0.39, 0.29) is 0 Å². The summed E-state index contributed by atoms with van der Waals surface area (Å²) in [6.45, 7) is 2.46. The number of hydrogen-bond acceptors (Lipinski definition) is 6. The summed E-state index contributed by atoms with van der Waals surface area (Å²) in [5.41, 5.74) is 2.63. The lowest BCUT2D eigenvalue weighted by Crippen LogP contribution is -2.04. The lowest BCUT2D eigenvalue weighted by atomic mass is 10.2. The maximum atomic E-state index is 11.5. The minimum absolute atomic E-state index is 0.312. The third kappa shape index (κ3) is 3.05. The largest absolute Gasteiger partial charge is 0.379 e. The predicted molar refractivity (Wildman–Crippen MR) is 71.5 cm³/mol. The molecule has 0 saturated heterocycles. The molecule has 2 aromatic rings. The fraction of sp³-hybridized carbons (Fsp3) is 0.273. The van der Waals surface area contributed by atoms with Gasteiger partial charge in [0, 0.05) is 17.3 Å². The highest BCUT2D eigenvalue weighted by Crippen LogP contribution is 2.20. The van der Waals surface area contributed by atoms with Crippen molar-refractivity contribution in [3.05, 3.63) is 34.8 Å². The van der Waals surface area contributed by atoms with Gasteiger partial charge in [-0.05, 0) is 36.2 Å². The number of nitrogens with one attached hydrogen (secondary N) is 1. The molecule has 0 aliphatic rings. The van der Waals surface area contributed by atoms with Gasteiger partial charge in [0.15, 0.2) is 9.84 Å². The first kappa shape index (κ1) is 13.0. The third-order valence-electron chi connectivity index (χ3n) is 2.50. The van der Waals surface area contributed by atoms with Crippen LogP contribution in [0, 0.1) is 6.92 Å². The number of benzene rings is 1. The van der Waals surface area contributed by atoms with E-state index >= 15 is 0 Å². The van der Waals surface area contributed by atoms with Crippen LogP contribution >= 0.6 is 11.5 Å². The third-order valence-corrected chi connectivity index (χ3v) is 4.17. The normalized spacial score (nSPS) is 11.4. The van der Waals surface area contributed by atoms with E-state index in [1.807, 2.05) is 12.3 Å². The minimum Gasteiger partial charge on any atom is -0.379 e. The number of hydrogen-bond donors (Lipinski definition) is 1. The zero-order valence-electron chi connectivity index (χ0n) is 10.0. The summed E-state index contributed by atoms with van der Waals surface area (Å²) in [5, 5.41) is 8.94. The van der Waals surface area contributed by atoms with Gasteiger partial charge >= 0.3 is 0 Å². The Balaban J connectivity index is 2.22. The molecule has 0 radical (unpaired) electrons. The van der Waals surface area contributed by atoms with Gasteiger partial charge in [0.1, 0.15) is 0 Å². The molecule has 1 heterocycles.